The molecule has 0 atom stereocenters. The summed E-state index contributed by atoms with van der Waals surface area (Å²) in [5.41, 5.74) is 21.0. The molecule has 129 heavy (non-hydrogen) atoms. The lowest BCUT2D eigenvalue weighted by atomic mass is 9.64. The zero-order valence-electron chi connectivity index (χ0n) is 74.6. The number of hydrogen-bond acceptors (Lipinski definition) is 22. The van der Waals surface area contributed by atoms with Crippen molar-refractivity contribution < 1.29 is 76.3 Å². The number of aryl methyl sites for hydroxylation is 1. The van der Waals surface area contributed by atoms with Gasteiger partial charge in [0.1, 0.15) is 5.60 Å². The van der Waals surface area contributed by atoms with Crippen molar-refractivity contribution in [3.63, 3.8) is 0 Å². The fourth-order valence-corrected chi connectivity index (χ4v) is 16.1. The number of nitrogens with two attached hydrogens (primary N) is 1. The second-order valence-corrected chi connectivity index (χ2v) is 32.5. The van der Waals surface area contributed by atoms with E-state index in [0.717, 1.165) is 153 Å². The normalized spacial score (nSPS) is 13.4. The molecule has 0 bridgehead atoms. The third kappa shape index (κ3) is 20.9. The Bertz CT molecular complexity index is 6670. The molecule has 14 aromatic rings. The topological polar surface area (TPSA) is 424 Å². The number of nitrogens with one attached hydrogen (secondary N) is 5. The first-order valence-electron chi connectivity index (χ1n) is 42.1. The fraction of sp³-hybridized carbons (Fsp3) is 0.320. The average Bonchev–Trinajstić information content (AvgIpc) is 1.62. The summed E-state index contributed by atoms with van der Waals surface area (Å²) in [6, 6.07) is 48.6. The van der Waals surface area contributed by atoms with Crippen LogP contribution in [0.25, 0.3) is 76.3 Å². The lowest BCUT2D eigenvalue weighted by molar-refractivity contribution is 0.0538. The highest BCUT2D eigenvalue weighted by Gasteiger charge is 2.43. The Kier molecular flexibility index (Phi) is 30.7. The zero-order chi connectivity index (χ0) is 93.1. The highest BCUT2D eigenvalue weighted by Crippen LogP contribution is 2.49. The van der Waals surface area contributed by atoms with Crippen LogP contribution in [0.5, 0.6) is 0 Å². The van der Waals surface area contributed by atoms with E-state index in [4.69, 9.17) is 44.7 Å². The van der Waals surface area contributed by atoms with Gasteiger partial charge in [0, 0.05) is 140 Å². The van der Waals surface area contributed by atoms with Crippen molar-refractivity contribution >= 4 is 124 Å². The minimum Gasteiger partial charge on any atom is -0.465 e. The number of hydrogen-bond donors (Lipinski definition) is 6. The zero-order valence-corrected chi connectivity index (χ0v) is 74.6. The van der Waals surface area contributed by atoms with E-state index in [1.54, 1.807) is 99.9 Å². The number of aromatic nitrogens is 7. The Balaban J connectivity index is 0.000000146. The van der Waals surface area contributed by atoms with E-state index in [1.807, 2.05) is 109 Å². The van der Waals surface area contributed by atoms with Gasteiger partial charge in [0.2, 0.25) is 0 Å². The number of benzene rings is 7. The van der Waals surface area contributed by atoms with Crippen LogP contribution >= 0.6 is 0 Å². The van der Waals surface area contributed by atoms with Crippen LogP contribution in [0.2, 0.25) is 0 Å². The molecule has 3 aliphatic carbocycles. The molecule has 0 aliphatic heterocycles. The maximum atomic E-state index is 12.3. The molecular weight excluding hydrogens is 1640 g/mol. The van der Waals surface area contributed by atoms with Gasteiger partial charge in [0.25, 0.3) is 0 Å². The number of aromatic amines is 5. The molecule has 0 spiro atoms. The molecule has 666 valence electrons. The van der Waals surface area contributed by atoms with Gasteiger partial charge in [-0.25, -0.2) is 38.4 Å². The van der Waals surface area contributed by atoms with E-state index in [0.29, 0.717) is 68.4 Å². The van der Waals surface area contributed by atoms with Gasteiger partial charge in [-0.3, -0.25) is 9.47 Å². The van der Waals surface area contributed by atoms with Crippen LogP contribution in [-0.4, -0.2) is 162 Å². The minimum atomic E-state index is -0.630. The first-order valence-corrected chi connectivity index (χ1v) is 42.1. The molecule has 3 saturated carbocycles. The van der Waals surface area contributed by atoms with Gasteiger partial charge in [-0.1, -0.05) is 20.3 Å². The molecule has 7 aromatic carbocycles. The van der Waals surface area contributed by atoms with Crippen LogP contribution < -0.4 is 5.73 Å². The lowest BCUT2D eigenvalue weighted by Gasteiger charge is -2.41. The minimum absolute atomic E-state index is 0.0903. The van der Waals surface area contributed by atoms with E-state index >= 15 is 0 Å². The number of ether oxygens (including phenoxy) is 8. The predicted octanol–water partition coefficient (Wildman–Crippen LogP) is 18.2. The van der Waals surface area contributed by atoms with Gasteiger partial charge in [0.15, 0.2) is 0 Å². The summed E-state index contributed by atoms with van der Waals surface area (Å²) < 4.78 is 41.8. The van der Waals surface area contributed by atoms with Crippen molar-refractivity contribution in [3.05, 3.63) is 249 Å². The Morgan fingerprint density at radius 1 is 0.419 bits per heavy atom. The Morgan fingerprint density at radius 2 is 0.791 bits per heavy atom. The van der Waals surface area contributed by atoms with Gasteiger partial charge >= 0.3 is 47.9 Å². The van der Waals surface area contributed by atoms with Crippen molar-refractivity contribution in [3.8, 4) is 24.3 Å². The number of methoxy groups -OCH3 is 7. The summed E-state index contributed by atoms with van der Waals surface area (Å²) in [5.74, 6) is -2.44. The van der Waals surface area contributed by atoms with E-state index in [-0.39, 0.29) is 58.5 Å². The van der Waals surface area contributed by atoms with Gasteiger partial charge in [0.05, 0.1) is 142 Å². The number of nitrogens with zero attached hydrogens (tertiary/aromatic N) is 7. The summed E-state index contributed by atoms with van der Waals surface area (Å²) >= 11 is 0. The number of esters is 7. The summed E-state index contributed by atoms with van der Waals surface area (Å²) in [6.07, 6.45) is 22.3. The Hall–Kier alpha value is -15.0. The molecule has 0 amide bonds. The highest BCUT2D eigenvalue weighted by molar-refractivity contribution is 6.02. The number of carbonyl (C=O) groups excluding carboxylic acids is 8. The monoisotopic (exact) mass is 1740 g/mol. The molecule has 3 fully saturated rings. The standard InChI is InChI=1S/C17H18N2O4.C16H16N2O2.C15H18N2O2.C15H14N2O2.C15H20N2O2.C12H10N2O2.C10H9NO2/c1-17(2,3)23-16(21)19-10-12(7-8-18)13-9-11(15(20)22-4)5-6-14(13)19;1-18-9-13(16(10-17)6-3-7-16)12-8-11(15(19)20-2)4-5-14(12)18;2*1-19-14(18)10-3-4-13-11(7-10)12(8-17-13)15(9-16)5-2-6-15;1-4-17(5-2)10-12-9-16-14-7-6-11(8-13(12)14)15(18)19-3;1-16-12(15)8-2-3-11-10(6-8)9(4-5-13)7-14-11;1-13-10(12)8-2-3-9-7(6-8)4-5-11-9/h5-6,9-10H,7H2,1-4H3;4-5,8-9H,3,6-7H2,1-2H3;3-4,7-8,17H,2,5-6,9,16H2,1H3;3-4,7-8,17H,2,5-6H2,1H3;6-9,16H,4-5,10H2,1-3H3;2-3,6-7,14H,4H2,1H3;2-6,11H,1H3. The molecule has 7 N–H and O–H groups in total. The van der Waals surface area contributed by atoms with E-state index in [2.05, 4.69) is 77.4 Å². The highest BCUT2D eigenvalue weighted by atomic mass is 16.6. The first kappa shape index (κ1) is 94.6. The quantitative estimate of drug-likeness (QED) is 0.0364. The maximum absolute atomic E-state index is 12.3. The third-order valence-electron chi connectivity index (χ3n) is 23.8. The third-order valence-corrected chi connectivity index (χ3v) is 23.8. The molecular formula is C100H105N13O16. The molecule has 7 heterocycles. The second-order valence-electron chi connectivity index (χ2n) is 32.5. The van der Waals surface area contributed by atoms with Crippen molar-refractivity contribution in [1.29, 1.82) is 21.0 Å². The van der Waals surface area contributed by atoms with Gasteiger partial charge in [-0.2, -0.15) is 21.0 Å². The smallest absolute Gasteiger partial charge is 0.419 e. The molecule has 3 aliphatic rings. The Labute approximate surface area is 745 Å². The van der Waals surface area contributed by atoms with Crippen LogP contribution in [0.1, 0.15) is 198 Å². The maximum Gasteiger partial charge on any atom is 0.419 e. The summed E-state index contributed by atoms with van der Waals surface area (Å²) in [7, 11) is 11.5. The molecule has 29 nitrogen and oxygen atoms in total. The lowest BCUT2D eigenvalue weighted by Crippen LogP contribution is -2.41. The number of nitriles is 4. The van der Waals surface area contributed by atoms with E-state index in [1.165, 1.54) is 71.9 Å². The summed E-state index contributed by atoms with van der Waals surface area (Å²) in [5, 5.41) is 43.3. The molecule has 0 unspecified atom stereocenters. The van der Waals surface area contributed by atoms with Crippen LogP contribution in [0.4, 0.5) is 4.79 Å². The van der Waals surface area contributed by atoms with Gasteiger partial charge in [-0.15, -0.1) is 0 Å². The summed E-state index contributed by atoms with van der Waals surface area (Å²) in [4.78, 5) is 111. The van der Waals surface area contributed by atoms with Gasteiger partial charge in [-0.05, 0) is 252 Å². The average molecular weight is 1750 g/mol. The van der Waals surface area contributed by atoms with Crippen molar-refractivity contribution in [2.24, 2.45) is 12.8 Å². The number of H-pyrrole nitrogens is 5. The largest absolute Gasteiger partial charge is 0.465 e. The van der Waals surface area contributed by atoms with Crippen LogP contribution in [0, 0.1) is 45.3 Å². The van der Waals surface area contributed by atoms with Crippen molar-refractivity contribution in [2.45, 2.75) is 134 Å². The van der Waals surface area contributed by atoms with E-state index in [9.17, 15) is 48.9 Å². The SMILES string of the molecule is CCN(CC)Cc1c[nH]c2ccc(C(=O)OC)cc12.COC(=O)c1ccc2[nH]cc(C3(C#N)CCC3)c2c1.COC(=O)c1ccc2[nH]cc(C3(CN)CCC3)c2c1.COC(=O)c1ccc2[nH]cc(CC#N)c2c1.COC(=O)c1ccc2[nH]ccc2c1.COC(=O)c1ccc2c(c1)c(C1(C#N)CCC1)cn2C.COC(=O)c1ccc2c(c1)c(CC#N)cn2C(=O)OC(C)(C)C. The summed E-state index contributed by atoms with van der Waals surface area (Å²) in [6.45, 7) is 13.2. The predicted molar refractivity (Wildman–Crippen MR) is 489 cm³/mol. The number of fused-ring (bicyclic) bond motifs is 7. The molecule has 29 heteroatoms. The van der Waals surface area contributed by atoms with Crippen molar-refractivity contribution in [1.82, 2.24) is 39.0 Å². The van der Waals surface area contributed by atoms with Crippen LogP contribution in [0.15, 0.2) is 177 Å². The molecule has 0 saturated heterocycles. The fourth-order valence-electron chi connectivity index (χ4n) is 16.1. The molecule has 17 rings (SSSR count). The Morgan fingerprint density at radius 3 is 1.21 bits per heavy atom. The van der Waals surface area contributed by atoms with Crippen LogP contribution in [0.3, 0.4) is 0 Å². The van der Waals surface area contributed by atoms with Gasteiger partial charge < -0.3 is 73.1 Å². The number of rotatable bonds is 17. The first-order chi connectivity index (χ1) is 62.0. The van der Waals surface area contributed by atoms with Crippen molar-refractivity contribution in [2.75, 3.05) is 69.4 Å². The van der Waals surface area contributed by atoms with Crippen LogP contribution in [-0.2, 0) is 80.6 Å². The molecule has 7 aromatic heterocycles. The molecule has 0 radical (unpaired) electrons. The number of carbonyl (C=O) groups is 8. The van der Waals surface area contributed by atoms with E-state index < -0.39 is 17.7 Å². The second kappa shape index (κ2) is 41.8.